The molecule has 5 nitrogen and oxygen atoms in total. The molecule has 2 aromatic carbocycles. The number of pyridine rings is 1. The highest BCUT2D eigenvalue weighted by atomic mass is 35.5. The minimum absolute atomic E-state index is 0.321. The molecule has 124 valence electrons. The summed E-state index contributed by atoms with van der Waals surface area (Å²) in [4.78, 5) is 15.8. The van der Waals surface area contributed by atoms with E-state index in [-0.39, 0.29) is 5.91 Å². The van der Waals surface area contributed by atoms with Crippen molar-refractivity contribution in [1.29, 1.82) is 0 Å². The van der Waals surface area contributed by atoms with E-state index < -0.39 is 0 Å². The summed E-state index contributed by atoms with van der Waals surface area (Å²) in [5.74, 6) is 1.02. The van der Waals surface area contributed by atoms with Crippen molar-refractivity contribution in [3.8, 4) is 11.5 Å². The molecule has 1 heterocycles. The van der Waals surface area contributed by atoms with Crippen LogP contribution in [-0.2, 0) is 0 Å². The minimum Gasteiger partial charge on any atom is -0.457 e. The second-order valence-electron chi connectivity index (χ2n) is 5.07. The second kappa shape index (κ2) is 8.08. The number of benzene rings is 2. The van der Waals surface area contributed by atoms with Crippen LogP contribution in [0.1, 0.15) is 15.9 Å². The fraction of sp³-hybridized carbons (Fsp3) is 0. The molecule has 1 N–H and O–H groups in total. The summed E-state index contributed by atoms with van der Waals surface area (Å²) in [6, 6.07) is 17.8. The number of hydrogen-bond donors (Lipinski definition) is 1. The summed E-state index contributed by atoms with van der Waals surface area (Å²) in [5.41, 5.74) is 3.69. The van der Waals surface area contributed by atoms with E-state index in [0.29, 0.717) is 22.1 Å². The Balaban J connectivity index is 1.63. The largest absolute Gasteiger partial charge is 0.457 e. The fourth-order valence-corrected chi connectivity index (χ4v) is 2.15. The number of nitrogens with one attached hydrogen (secondary N) is 1. The van der Waals surface area contributed by atoms with Gasteiger partial charge in [0, 0.05) is 17.4 Å². The molecule has 0 bridgehead atoms. The van der Waals surface area contributed by atoms with Crippen LogP contribution in [0, 0.1) is 0 Å². The van der Waals surface area contributed by atoms with Crippen molar-refractivity contribution in [3.05, 3.63) is 89.2 Å². The number of aromatic nitrogens is 1. The Morgan fingerprint density at radius 3 is 2.68 bits per heavy atom. The normalized spacial score (nSPS) is 10.6. The third-order valence-electron chi connectivity index (χ3n) is 3.21. The van der Waals surface area contributed by atoms with Crippen molar-refractivity contribution in [3.63, 3.8) is 0 Å². The standard InChI is InChI=1S/C19H14ClN3O2/c20-16-6-8-17(9-7-16)25-18-5-1-3-14(11-18)12-22-23-19(24)15-4-2-10-21-13-15/h1-13H,(H,23,24)/b22-12+. The minimum atomic E-state index is -0.321. The zero-order valence-electron chi connectivity index (χ0n) is 13.1. The Morgan fingerprint density at radius 1 is 1.08 bits per heavy atom. The lowest BCUT2D eigenvalue weighted by molar-refractivity contribution is 0.0955. The van der Waals surface area contributed by atoms with E-state index >= 15 is 0 Å². The highest BCUT2D eigenvalue weighted by Gasteiger charge is 2.03. The van der Waals surface area contributed by atoms with Gasteiger partial charge in [-0.15, -0.1) is 0 Å². The molecule has 0 saturated carbocycles. The number of amides is 1. The molecule has 0 aliphatic heterocycles. The molecule has 0 unspecified atom stereocenters. The lowest BCUT2D eigenvalue weighted by atomic mass is 10.2. The molecule has 1 amide bonds. The van der Waals surface area contributed by atoms with Gasteiger partial charge in [-0.2, -0.15) is 5.10 Å². The molecule has 3 rings (SSSR count). The van der Waals surface area contributed by atoms with Crippen LogP contribution in [0.3, 0.4) is 0 Å². The van der Waals surface area contributed by atoms with Crippen molar-refractivity contribution >= 4 is 23.7 Å². The molecule has 3 aromatic rings. The number of ether oxygens (including phenoxy) is 1. The van der Waals surface area contributed by atoms with Gasteiger partial charge in [0.05, 0.1) is 11.8 Å². The highest BCUT2D eigenvalue weighted by Crippen LogP contribution is 2.23. The third kappa shape index (κ3) is 4.89. The number of halogens is 1. The maximum Gasteiger partial charge on any atom is 0.272 e. The first-order valence-electron chi connectivity index (χ1n) is 7.47. The van der Waals surface area contributed by atoms with E-state index in [1.807, 2.05) is 24.3 Å². The maximum absolute atomic E-state index is 11.9. The number of rotatable bonds is 5. The monoisotopic (exact) mass is 351 g/mol. The molecule has 25 heavy (non-hydrogen) atoms. The van der Waals surface area contributed by atoms with Crippen LogP contribution >= 0.6 is 11.6 Å². The van der Waals surface area contributed by atoms with Crippen LogP contribution in [0.25, 0.3) is 0 Å². The quantitative estimate of drug-likeness (QED) is 0.551. The van der Waals surface area contributed by atoms with Gasteiger partial charge in [-0.05, 0) is 54.1 Å². The van der Waals surface area contributed by atoms with Gasteiger partial charge in [-0.1, -0.05) is 23.7 Å². The van der Waals surface area contributed by atoms with Gasteiger partial charge in [0.2, 0.25) is 0 Å². The lowest BCUT2D eigenvalue weighted by Gasteiger charge is -2.06. The topological polar surface area (TPSA) is 63.6 Å². The first-order chi connectivity index (χ1) is 12.2. The summed E-state index contributed by atoms with van der Waals surface area (Å²) in [7, 11) is 0. The van der Waals surface area contributed by atoms with Crippen molar-refractivity contribution in [1.82, 2.24) is 10.4 Å². The predicted molar refractivity (Wildman–Crippen MR) is 97.3 cm³/mol. The molecule has 6 heteroatoms. The summed E-state index contributed by atoms with van der Waals surface area (Å²) in [6.45, 7) is 0. The van der Waals surface area contributed by atoms with E-state index in [1.54, 1.807) is 48.8 Å². The first-order valence-corrected chi connectivity index (χ1v) is 7.85. The second-order valence-corrected chi connectivity index (χ2v) is 5.51. The smallest absolute Gasteiger partial charge is 0.272 e. The van der Waals surface area contributed by atoms with Gasteiger partial charge in [0.1, 0.15) is 11.5 Å². The first kappa shape index (κ1) is 16.7. The van der Waals surface area contributed by atoms with E-state index in [2.05, 4.69) is 15.5 Å². The number of carbonyl (C=O) groups excluding carboxylic acids is 1. The van der Waals surface area contributed by atoms with Gasteiger partial charge in [-0.25, -0.2) is 5.43 Å². The van der Waals surface area contributed by atoms with Gasteiger partial charge in [0.15, 0.2) is 0 Å². The van der Waals surface area contributed by atoms with Crippen molar-refractivity contribution in [2.75, 3.05) is 0 Å². The third-order valence-corrected chi connectivity index (χ3v) is 3.46. The molecule has 0 aliphatic carbocycles. The van der Waals surface area contributed by atoms with Gasteiger partial charge < -0.3 is 4.74 Å². The van der Waals surface area contributed by atoms with Crippen molar-refractivity contribution in [2.24, 2.45) is 5.10 Å². The zero-order chi connectivity index (χ0) is 17.5. The molecule has 1 aromatic heterocycles. The zero-order valence-corrected chi connectivity index (χ0v) is 13.9. The van der Waals surface area contributed by atoms with Crippen LogP contribution in [0.2, 0.25) is 5.02 Å². The number of hydrazone groups is 1. The van der Waals surface area contributed by atoms with Crippen molar-refractivity contribution < 1.29 is 9.53 Å². The summed E-state index contributed by atoms with van der Waals surface area (Å²) >= 11 is 5.86. The van der Waals surface area contributed by atoms with Crippen LogP contribution in [0.15, 0.2) is 78.2 Å². The van der Waals surface area contributed by atoms with Gasteiger partial charge in [0.25, 0.3) is 5.91 Å². The fourth-order valence-electron chi connectivity index (χ4n) is 2.02. The highest BCUT2D eigenvalue weighted by molar-refractivity contribution is 6.30. The van der Waals surface area contributed by atoms with Crippen LogP contribution in [-0.4, -0.2) is 17.1 Å². The summed E-state index contributed by atoms with van der Waals surface area (Å²) in [6.07, 6.45) is 4.63. The lowest BCUT2D eigenvalue weighted by Crippen LogP contribution is -2.17. The Morgan fingerprint density at radius 2 is 1.92 bits per heavy atom. The van der Waals surface area contributed by atoms with E-state index in [9.17, 15) is 4.79 Å². The number of hydrogen-bond acceptors (Lipinski definition) is 4. The van der Waals surface area contributed by atoms with Crippen LogP contribution in [0.5, 0.6) is 11.5 Å². The average molecular weight is 352 g/mol. The Kier molecular flexibility index (Phi) is 5.39. The van der Waals surface area contributed by atoms with Crippen LogP contribution < -0.4 is 10.2 Å². The summed E-state index contributed by atoms with van der Waals surface area (Å²) < 4.78 is 5.75. The Bertz CT molecular complexity index is 881. The maximum atomic E-state index is 11.9. The van der Waals surface area contributed by atoms with Crippen molar-refractivity contribution in [2.45, 2.75) is 0 Å². The van der Waals surface area contributed by atoms with E-state index in [4.69, 9.17) is 16.3 Å². The Hall–Kier alpha value is -3.18. The van der Waals surface area contributed by atoms with Gasteiger partial charge >= 0.3 is 0 Å². The van der Waals surface area contributed by atoms with Crippen LogP contribution in [0.4, 0.5) is 0 Å². The molecular formula is C19H14ClN3O2. The molecule has 0 atom stereocenters. The molecule has 0 radical (unpaired) electrons. The molecule has 0 aliphatic rings. The average Bonchev–Trinajstić information content (AvgIpc) is 2.65. The number of carbonyl (C=O) groups is 1. The SMILES string of the molecule is O=C(N/N=C/c1cccc(Oc2ccc(Cl)cc2)c1)c1cccnc1. The van der Waals surface area contributed by atoms with E-state index in [0.717, 1.165) is 5.56 Å². The number of nitrogens with zero attached hydrogens (tertiary/aromatic N) is 2. The molecule has 0 saturated heterocycles. The van der Waals surface area contributed by atoms with E-state index in [1.165, 1.54) is 6.20 Å². The molecule has 0 spiro atoms. The predicted octanol–water partition coefficient (Wildman–Crippen LogP) is 4.29. The Labute approximate surface area is 149 Å². The molecular weight excluding hydrogens is 338 g/mol. The van der Waals surface area contributed by atoms with Gasteiger partial charge in [-0.3, -0.25) is 9.78 Å². The summed E-state index contributed by atoms with van der Waals surface area (Å²) in [5, 5.41) is 4.60. The molecule has 0 fully saturated rings.